The third-order valence-electron chi connectivity index (χ3n) is 3.07. The molecule has 1 saturated heterocycles. The molecule has 0 atom stereocenters. The molecule has 0 saturated carbocycles. The van der Waals surface area contributed by atoms with Crippen molar-refractivity contribution in [1.82, 2.24) is 5.43 Å². The number of rotatable bonds is 5. The Bertz CT molecular complexity index is 582. The molecule has 0 aliphatic carbocycles. The van der Waals surface area contributed by atoms with E-state index in [2.05, 4.69) is 10.5 Å². The number of benzene rings is 1. The number of carbonyl (C=O) groups excluding carboxylic acids is 1. The first-order valence-electron chi connectivity index (χ1n) is 6.83. The Hall–Kier alpha value is -2.32. The number of nitrogens with zero attached hydrogens (tertiary/aromatic N) is 2. The molecular weight excluding hydrogens is 290 g/mol. The van der Waals surface area contributed by atoms with Crippen molar-refractivity contribution < 1.29 is 19.2 Å². The first-order valence-corrected chi connectivity index (χ1v) is 6.83. The predicted octanol–water partition coefficient (Wildman–Crippen LogP) is 1.59. The van der Waals surface area contributed by atoms with E-state index in [1.807, 2.05) is 0 Å². The molecule has 0 spiro atoms. The summed E-state index contributed by atoms with van der Waals surface area (Å²) in [4.78, 5) is 22.0. The smallest absolute Gasteiger partial charge is 0.270 e. The second-order valence-electron chi connectivity index (χ2n) is 5.01. The first-order chi connectivity index (χ1) is 10.5. The van der Waals surface area contributed by atoms with Crippen molar-refractivity contribution in [3.63, 3.8) is 0 Å². The highest BCUT2D eigenvalue weighted by Gasteiger charge is 2.31. The number of carbonyl (C=O) groups is 1. The molecular formula is C14H17N3O5. The zero-order valence-corrected chi connectivity index (χ0v) is 12.2. The molecule has 0 radical (unpaired) electrons. The average Bonchev–Trinajstić information content (AvgIpc) is 2.47. The molecule has 2 rings (SSSR count). The molecule has 0 bridgehead atoms. The van der Waals surface area contributed by atoms with E-state index < -0.39 is 10.7 Å². The Morgan fingerprint density at radius 3 is 2.91 bits per heavy atom. The number of nitrogens with one attached hydrogen (secondary N) is 1. The van der Waals surface area contributed by atoms with Crippen LogP contribution in [-0.4, -0.2) is 36.0 Å². The van der Waals surface area contributed by atoms with Crippen LogP contribution in [0.5, 0.6) is 0 Å². The summed E-state index contributed by atoms with van der Waals surface area (Å²) < 4.78 is 10.9. The molecule has 8 heteroatoms. The number of nitro benzene ring substituents is 1. The summed E-state index contributed by atoms with van der Waals surface area (Å²) in [6.07, 6.45) is 2.18. The van der Waals surface area contributed by atoms with Gasteiger partial charge in [0.05, 0.1) is 30.8 Å². The van der Waals surface area contributed by atoms with Crippen molar-refractivity contribution in [2.24, 2.45) is 5.10 Å². The van der Waals surface area contributed by atoms with Crippen molar-refractivity contribution in [3.8, 4) is 0 Å². The Balaban J connectivity index is 1.87. The van der Waals surface area contributed by atoms with E-state index in [1.165, 1.54) is 18.3 Å². The van der Waals surface area contributed by atoms with Crippen LogP contribution in [-0.2, 0) is 14.3 Å². The molecule has 1 N–H and O–H groups in total. The fourth-order valence-corrected chi connectivity index (χ4v) is 2.01. The number of hydrazone groups is 1. The van der Waals surface area contributed by atoms with Crippen molar-refractivity contribution in [3.05, 3.63) is 39.9 Å². The summed E-state index contributed by atoms with van der Waals surface area (Å²) in [5, 5.41) is 14.4. The maximum atomic E-state index is 11.8. The predicted molar refractivity (Wildman–Crippen MR) is 78.4 cm³/mol. The molecule has 1 aromatic rings. The van der Waals surface area contributed by atoms with E-state index in [0.717, 1.165) is 6.42 Å². The van der Waals surface area contributed by atoms with E-state index >= 15 is 0 Å². The highest BCUT2D eigenvalue weighted by molar-refractivity contribution is 5.83. The van der Waals surface area contributed by atoms with Crippen LogP contribution in [0.3, 0.4) is 0 Å². The average molecular weight is 307 g/mol. The molecule has 8 nitrogen and oxygen atoms in total. The van der Waals surface area contributed by atoms with E-state index in [0.29, 0.717) is 18.8 Å². The fourth-order valence-electron chi connectivity index (χ4n) is 2.01. The number of ether oxygens (including phenoxy) is 2. The second-order valence-corrected chi connectivity index (χ2v) is 5.01. The lowest BCUT2D eigenvalue weighted by Gasteiger charge is -2.33. The van der Waals surface area contributed by atoms with Gasteiger partial charge in [0, 0.05) is 17.7 Å². The highest BCUT2D eigenvalue weighted by atomic mass is 16.7. The Kier molecular flexibility index (Phi) is 5.18. The number of hydrogen-bond donors (Lipinski definition) is 1. The van der Waals surface area contributed by atoms with Crippen LogP contribution in [0.4, 0.5) is 5.69 Å². The lowest BCUT2D eigenvalue weighted by molar-refractivity contribution is -0.384. The Labute approximate surface area is 127 Å². The number of non-ortho nitro benzene ring substituents is 1. The topological polar surface area (TPSA) is 103 Å². The lowest BCUT2D eigenvalue weighted by atomic mass is 10.2. The summed E-state index contributed by atoms with van der Waals surface area (Å²) in [6, 6.07) is 5.95. The molecule has 1 aliphatic rings. The molecule has 1 amide bonds. The minimum absolute atomic E-state index is 0.0271. The molecule has 0 aromatic heterocycles. The van der Waals surface area contributed by atoms with Gasteiger partial charge in [0.25, 0.3) is 5.69 Å². The fraction of sp³-hybridized carbons (Fsp3) is 0.429. The van der Waals surface area contributed by atoms with Crippen LogP contribution in [0.25, 0.3) is 0 Å². The third-order valence-corrected chi connectivity index (χ3v) is 3.07. The summed E-state index contributed by atoms with van der Waals surface area (Å²) in [5.74, 6) is -1.28. The lowest BCUT2D eigenvalue weighted by Crippen LogP contribution is -2.41. The van der Waals surface area contributed by atoms with Crippen LogP contribution < -0.4 is 5.43 Å². The quantitative estimate of drug-likeness (QED) is 0.505. The van der Waals surface area contributed by atoms with Crippen molar-refractivity contribution in [2.45, 2.75) is 25.6 Å². The molecule has 1 aliphatic heterocycles. The van der Waals surface area contributed by atoms with Crippen LogP contribution in [0.1, 0.15) is 25.3 Å². The number of hydrogen-bond acceptors (Lipinski definition) is 6. The maximum absolute atomic E-state index is 11.8. The van der Waals surface area contributed by atoms with Gasteiger partial charge in [-0.2, -0.15) is 5.10 Å². The summed E-state index contributed by atoms with van der Waals surface area (Å²) in [5.41, 5.74) is 2.84. The molecule has 1 heterocycles. The van der Waals surface area contributed by atoms with Gasteiger partial charge in [0.1, 0.15) is 0 Å². The second kappa shape index (κ2) is 7.10. The van der Waals surface area contributed by atoms with Crippen LogP contribution in [0.2, 0.25) is 0 Å². The SMILES string of the molecule is CC1(CC(=O)N/N=C\c2cccc([N+](=O)[O-])c2)OCCCO1. The Morgan fingerprint density at radius 2 is 2.23 bits per heavy atom. The summed E-state index contributed by atoms with van der Waals surface area (Å²) in [7, 11) is 0. The van der Waals surface area contributed by atoms with Gasteiger partial charge in [-0.25, -0.2) is 5.43 Å². The standard InChI is InChI=1S/C14H17N3O5/c1-14(21-6-3-7-22-14)9-13(18)16-15-10-11-4-2-5-12(8-11)17(19)20/h2,4-5,8,10H,3,6-7,9H2,1H3,(H,16,18)/b15-10-. The summed E-state index contributed by atoms with van der Waals surface area (Å²) >= 11 is 0. The molecule has 0 unspecified atom stereocenters. The van der Waals surface area contributed by atoms with Crippen molar-refractivity contribution in [1.29, 1.82) is 0 Å². The van der Waals surface area contributed by atoms with Gasteiger partial charge in [-0.1, -0.05) is 12.1 Å². The van der Waals surface area contributed by atoms with Gasteiger partial charge >= 0.3 is 0 Å². The van der Waals surface area contributed by atoms with Gasteiger partial charge in [-0.3, -0.25) is 14.9 Å². The van der Waals surface area contributed by atoms with E-state index in [4.69, 9.17) is 9.47 Å². The molecule has 22 heavy (non-hydrogen) atoms. The van der Waals surface area contributed by atoms with E-state index in [1.54, 1.807) is 19.1 Å². The Morgan fingerprint density at radius 1 is 1.50 bits per heavy atom. The van der Waals surface area contributed by atoms with Gasteiger partial charge < -0.3 is 9.47 Å². The van der Waals surface area contributed by atoms with E-state index in [-0.39, 0.29) is 18.0 Å². The summed E-state index contributed by atoms with van der Waals surface area (Å²) in [6.45, 7) is 2.82. The zero-order chi connectivity index (χ0) is 16.0. The van der Waals surface area contributed by atoms with Gasteiger partial charge in [0.15, 0.2) is 5.79 Å². The minimum atomic E-state index is -0.927. The monoisotopic (exact) mass is 307 g/mol. The van der Waals surface area contributed by atoms with Crippen LogP contribution in [0, 0.1) is 10.1 Å². The van der Waals surface area contributed by atoms with Crippen molar-refractivity contribution >= 4 is 17.8 Å². The largest absolute Gasteiger partial charge is 0.350 e. The molecule has 118 valence electrons. The molecule has 1 fully saturated rings. The van der Waals surface area contributed by atoms with Gasteiger partial charge in [-0.15, -0.1) is 0 Å². The van der Waals surface area contributed by atoms with Crippen molar-refractivity contribution in [2.75, 3.05) is 13.2 Å². The zero-order valence-electron chi connectivity index (χ0n) is 12.2. The maximum Gasteiger partial charge on any atom is 0.270 e. The van der Waals surface area contributed by atoms with E-state index in [9.17, 15) is 14.9 Å². The number of nitro groups is 1. The third kappa shape index (κ3) is 4.61. The van der Waals surface area contributed by atoms with Crippen LogP contribution >= 0.6 is 0 Å². The highest BCUT2D eigenvalue weighted by Crippen LogP contribution is 2.21. The molecule has 1 aromatic carbocycles. The number of amides is 1. The normalized spacial score (nSPS) is 17.3. The van der Waals surface area contributed by atoms with Crippen LogP contribution in [0.15, 0.2) is 29.4 Å². The van der Waals surface area contributed by atoms with Gasteiger partial charge in [-0.05, 0) is 13.3 Å². The van der Waals surface area contributed by atoms with Gasteiger partial charge in [0.2, 0.25) is 5.91 Å². The minimum Gasteiger partial charge on any atom is -0.350 e. The first kappa shape index (κ1) is 16.1.